The van der Waals surface area contributed by atoms with Crippen LogP contribution in [0, 0.1) is 0 Å². The number of aldehydes is 1. The molecule has 1 atom stereocenters. The fourth-order valence-electron chi connectivity index (χ4n) is 1.59. The summed E-state index contributed by atoms with van der Waals surface area (Å²) in [5.41, 5.74) is -0.101. The third kappa shape index (κ3) is 4.69. The quantitative estimate of drug-likeness (QED) is 0.788. The topological polar surface area (TPSA) is 46.6 Å². The van der Waals surface area contributed by atoms with Crippen molar-refractivity contribution in [2.75, 3.05) is 7.05 Å². The van der Waals surface area contributed by atoms with Gasteiger partial charge in [-0.05, 0) is 44.5 Å². The van der Waals surface area contributed by atoms with Crippen LogP contribution in [0.25, 0.3) is 0 Å². The number of hydrogen-bond acceptors (Lipinski definition) is 3. The molecule has 0 aliphatic rings. The van der Waals surface area contributed by atoms with Crippen LogP contribution in [-0.4, -0.2) is 29.9 Å². The molecule has 0 aromatic heterocycles. The van der Waals surface area contributed by atoms with E-state index in [2.05, 4.69) is 0 Å². The number of ether oxygens (including phenoxy) is 1. The number of amides is 1. The Morgan fingerprint density at radius 3 is 2.15 bits per heavy atom. The van der Waals surface area contributed by atoms with Crippen molar-refractivity contribution in [3.8, 4) is 0 Å². The minimum absolute atomic E-state index is 0.400. The summed E-state index contributed by atoms with van der Waals surface area (Å²) in [6, 6.07) is 3.93. The number of carbonyl (C=O) groups is 2. The highest BCUT2D eigenvalue weighted by molar-refractivity contribution is 6.34. The van der Waals surface area contributed by atoms with Gasteiger partial charge in [0.2, 0.25) is 0 Å². The van der Waals surface area contributed by atoms with E-state index in [1.54, 1.807) is 39.0 Å². The highest BCUT2D eigenvalue weighted by Gasteiger charge is 2.26. The lowest BCUT2D eigenvalue weighted by Crippen LogP contribution is -2.37. The first-order valence-corrected chi connectivity index (χ1v) is 6.77. The summed E-state index contributed by atoms with van der Waals surface area (Å²) in [6.45, 7) is 5.26. The Balaban J connectivity index is 3.00. The summed E-state index contributed by atoms with van der Waals surface area (Å²) in [4.78, 5) is 24.5. The summed E-state index contributed by atoms with van der Waals surface area (Å²) in [6.07, 6.45) is 0.0528. The second-order valence-corrected chi connectivity index (χ2v) is 6.25. The van der Waals surface area contributed by atoms with Crippen LogP contribution in [0.5, 0.6) is 0 Å². The molecule has 4 nitrogen and oxygen atoms in total. The van der Waals surface area contributed by atoms with E-state index in [1.165, 1.54) is 11.9 Å². The molecule has 0 spiro atoms. The first-order valence-electron chi connectivity index (χ1n) is 6.01. The van der Waals surface area contributed by atoms with Crippen molar-refractivity contribution < 1.29 is 14.3 Å². The summed E-state index contributed by atoms with van der Waals surface area (Å²) in [5, 5.41) is 0.800. The minimum Gasteiger partial charge on any atom is -0.444 e. The Morgan fingerprint density at radius 1 is 1.25 bits per heavy atom. The fourth-order valence-corrected chi connectivity index (χ4v) is 2.13. The molecule has 20 heavy (non-hydrogen) atoms. The zero-order chi connectivity index (χ0) is 15.5. The average Bonchev–Trinajstić information content (AvgIpc) is 2.26. The molecule has 0 bridgehead atoms. The van der Waals surface area contributed by atoms with Gasteiger partial charge in [-0.3, -0.25) is 4.90 Å². The van der Waals surface area contributed by atoms with Gasteiger partial charge < -0.3 is 9.53 Å². The third-order valence-electron chi connectivity index (χ3n) is 2.45. The summed E-state index contributed by atoms with van der Waals surface area (Å²) >= 11 is 11.8. The molecule has 1 unspecified atom stereocenters. The largest absolute Gasteiger partial charge is 0.444 e. The number of benzene rings is 1. The van der Waals surface area contributed by atoms with E-state index in [1.807, 2.05) is 0 Å². The van der Waals surface area contributed by atoms with Crippen molar-refractivity contribution in [1.29, 1.82) is 0 Å². The zero-order valence-electron chi connectivity index (χ0n) is 11.8. The molecule has 1 amide bonds. The van der Waals surface area contributed by atoms with Gasteiger partial charge in [0.15, 0.2) is 0 Å². The molecule has 0 fully saturated rings. The van der Waals surface area contributed by atoms with E-state index >= 15 is 0 Å². The van der Waals surface area contributed by atoms with Crippen LogP contribution in [0.1, 0.15) is 32.4 Å². The summed E-state index contributed by atoms with van der Waals surface area (Å²) in [7, 11) is 1.49. The lowest BCUT2D eigenvalue weighted by molar-refractivity contribution is -0.112. The molecule has 0 aliphatic heterocycles. The van der Waals surface area contributed by atoms with Crippen molar-refractivity contribution in [2.45, 2.75) is 32.4 Å². The molecule has 0 aliphatic carbocycles. The monoisotopic (exact) mass is 317 g/mol. The van der Waals surface area contributed by atoms with Crippen molar-refractivity contribution in [1.82, 2.24) is 4.90 Å². The smallest absolute Gasteiger partial charge is 0.410 e. The van der Waals surface area contributed by atoms with E-state index in [0.29, 0.717) is 21.9 Å². The fraction of sp³-hybridized carbons (Fsp3) is 0.429. The molecular formula is C14H17Cl2NO3. The normalized spacial score (nSPS) is 12.7. The van der Waals surface area contributed by atoms with Gasteiger partial charge in [0.1, 0.15) is 17.9 Å². The number of hydrogen-bond donors (Lipinski definition) is 0. The zero-order valence-corrected chi connectivity index (χ0v) is 13.3. The van der Waals surface area contributed by atoms with Gasteiger partial charge in [-0.25, -0.2) is 4.79 Å². The predicted octanol–water partition coefficient (Wildman–Crippen LogP) is 4.10. The van der Waals surface area contributed by atoms with Crippen LogP contribution in [0.3, 0.4) is 0 Å². The van der Waals surface area contributed by atoms with Gasteiger partial charge >= 0.3 is 6.09 Å². The van der Waals surface area contributed by atoms with Crippen molar-refractivity contribution in [3.05, 3.63) is 33.8 Å². The first kappa shape index (κ1) is 16.8. The van der Waals surface area contributed by atoms with Crippen molar-refractivity contribution in [3.63, 3.8) is 0 Å². The lowest BCUT2D eigenvalue weighted by atomic mass is 10.1. The molecule has 0 saturated carbocycles. The van der Waals surface area contributed by atoms with Gasteiger partial charge in [-0.2, -0.15) is 0 Å². The van der Waals surface area contributed by atoms with Crippen LogP contribution in [0.2, 0.25) is 10.0 Å². The van der Waals surface area contributed by atoms with Gasteiger partial charge in [0.05, 0.1) is 0 Å². The number of nitrogens with zero attached hydrogens (tertiary/aromatic N) is 1. The van der Waals surface area contributed by atoms with Gasteiger partial charge in [-0.1, -0.05) is 23.2 Å². The second kappa shape index (κ2) is 6.46. The molecule has 1 aromatic rings. The maximum absolute atomic E-state index is 12.0. The van der Waals surface area contributed by atoms with E-state index in [0.717, 1.165) is 0 Å². The maximum atomic E-state index is 12.0. The maximum Gasteiger partial charge on any atom is 0.410 e. The Bertz CT molecular complexity index is 491. The molecule has 0 saturated heterocycles. The Kier molecular flexibility index (Phi) is 5.42. The summed E-state index contributed by atoms with van der Waals surface area (Å²) in [5.74, 6) is 0. The van der Waals surface area contributed by atoms with Crippen LogP contribution < -0.4 is 0 Å². The van der Waals surface area contributed by atoms with E-state index < -0.39 is 17.7 Å². The summed E-state index contributed by atoms with van der Waals surface area (Å²) < 4.78 is 5.23. The van der Waals surface area contributed by atoms with Crippen molar-refractivity contribution >= 4 is 35.6 Å². The van der Waals surface area contributed by atoms with E-state index in [9.17, 15) is 9.59 Å². The molecule has 1 rings (SSSR count). The number of halogens is 2. The predicted molar refractivity (Wildman–Crippen MR) is 79.3 cm³/mol. The minimum atomic E-state index is -0.805. The molecular weight excluding hydrogens is 301 g/mol. The van der Waals surface area contributed by atoms with Crippen LogP contribution in [0.15, 0.2) is 18.2 Å². The standard InChI is InChI=1S/C14H17Cl2NO3/c1-14(2,3)20-13(19)17(4)12(8-18)9-5-10(15)7-11(16)6-9/h5-8,12H,1-4H3. The first-order chi connectivity index (χ1) is 9.14. The Labute approximate surface area is 128 Å². The van der Waals surface area contributed by atoms with Gasteiger partial charge in [0, 0.05) is 17.1 Å². The highest BCUT2D eigenvalue weighted by atomic mass is 35.5. The van der Waals surface area contributed by atoms with Crippen LogP contribution in [0.4, 0.5) is 4.79 Å². The lowest BCUT2D eigenvalue weighted by Gasteiger charge is -2.28. The highest BCUT2D eigenvalue weighted by Crippen LogP contribution is 2.26. The molecule has 1 aromatic carbocycles. The van der Waals surface area contributed by atoms with E-state index in [-0.39, 0.29) is 0 Å². The molecule has 0 heterocycles. The molecule has 0 radical (unpaired) electrons. The second-order valence-electron chi connectivity index (χ2n) is 5.37. The molecule has 0 N–H and O–H groups in total. The average molecular weight is 318 g/mol. The molecule has 110 valence electrons. The molecule has 6 heteroatoms. The van der Waals surface area contributed by atoms with Gasteiger partial charge in [-0.15, -0.1) is 0 Å². The van der Waals surface area contributed by atoms with Crippen LogP contribution in [-0.2, 0) is 9.53 Å². The van der Waals surface area contributed by atoms with Crippen LogP contribution >= 0.6 is 23.2 Å². The Morgan fingerprint density at radius 2 is 1.75 bits per heavy atom. The van der Waals surface area contributed by atoms with Gasteiger partial charge in [0.25, 0.3) is 0 Å². The number of likely N-dealkylation sites (N-methyl/N-ethyl adjacent to an activating group) is 1. The third-order valence-corrected chi connectivity index (χ3v) is 2.89. The van der Waals surface area contributed by atoms with E-state index in [4.69, 9.17) is 27.9 Å². The number of carbonyl (C=O) groups excluding carboxylic acids is 2. The number of rotatable bonds is 3. The Hall–Kier alpha value is -1.26. The van der Waals surface area contributed by atoms with Crippen molar-refractivity contribution in [2.24, 2.45) is 0 Å². The SMILES string of the molecule is CN(C(=O)OC(C)(C)C)C(C=O)c1cc(Cl)cc(Cl)c1.